The van der Waals surface area contributed by atoms with E-state index < -0.39 is 0 Å². The smallest absolute Gasteiger partial charge is 0.176 e. The molecule has 3 rings (SSSR count). The van der Waals surface area contributed by atoms with Crippen LogP contribution in [0.15, 0.2) is 54.3 Å². The molecule has 3 aromatic rings. The van der Waals surface area contributed by atoms with Gasteiger partial charge in [0.1, 0.15) is 0 Å². The number of nitrogens with zero attached hydrogens (tertiary/aromatic N) is 3. The molecule has 0 aliphatic heterocycles. The van der Waals surface area contributed by atoms with Crippen molar-refractivity contribution in [3.05, 3.63) is 59.2 Å². The minimum Gasteiger partial charge on any atom is -0.375 e. The highest BCUT2D eigenvalue weighted by molar-refractivity contribution is 7.10. The Morgan fingerprint density at radius 1 is 1.21 bits per heavy atom. The molecule has 5 heteroatoms. The van der Waals surface area contributed by atoms with Crippen molar-refractivity contribution < 1.29 is 0 Å². The van der Waals surface area contributed by atoms with Crippen LogP contribution in [0.4, 0.5) is 5.69 Å². The Bertz CT molecular complexity index is 631. The molecule has 1 unspecified atom stereocenters. The maximum atomic E-state index is 4.40. The molecule has 0 saturated carbocycles. The molecule has 0 spiro atoms. The Morgan fingerprint density at radius 2 is 2.16 bits per heavy atom. The molecule has 1 atom stereocenters. The van der Waals surface area contributed by atoms with Gasteiger partial charge in [0, 0.05) is 23.5 Å². The van der Waals surface area contributed by atoms with Gasteiger partial charge in [-0.25, -0.2) is 9.67 Å². The molecule has 0 bridgehead atoms. The molecule has 19 heavy (non-hydrogen) atoms. The van der Waals surface area contributed by atoms with Crippen LogP contribution in [-0.4, -0.2) is 14.8 Å². The molecule has 0 aliphatic rings. The van der Waals surface area contributed by atoms with Gasteiger partial charge in [0.2, 0.25) is 0 Å². The summed E-state index contributed by atoms with van der Waals surface area (Å²) in [5.74, 6) is 0.816. The quantitative estimate of drug-likeness (QED) is 0.789. The second-order valence-corrected chi connectivity index (χ2v) is 5.19. The highest BCUT2D eigenvalue weighted by atomic mass is 32.1. The summed E-state index contributed by atoms with van der Waals surface area (Å²) in [6, 6.07) is 10.3. The van der Waals surface area contributed by atoms with Gasteiger partial charge in [-0.3, -0.25) is 0 Å². The maximum absolute atomic E-state index is 4.40. The van der Waals surface area contributed by atoms with E-state index in [4.69, 9.17) is 0 Å². The summed E-state index contributed by atoms with van der Waals surface area (Å²) >= 11 is 1.75. The summed E-state index contributed by atoms with van der Waals surface area (Å²) in [6.07, 6.45) is 5.42. The number of hydrogen-bond donors (Lipinski definition) is 1. The average molecular weight is 270 g/mol. The molecular formula is C14H14N4S. The largest absolute Gasteiger partial charge is 0.375 e. The topological polar surface area (TPSA) is 42.7 Å². The van der Waals surface area contributed by atoms with E-state index in [2.05, 4.69) is 39.8 Å². The lowest BCUT2D eigenvalue weighted by Gasteiger charge is -2.16. The van der Waals surface area contributed by atoms with E-state index in [1.807, 2.05) is 24.4 Å². The van der Waals surface area contributed by atoms with Crippen LogP contribution in [0.25, 0.3) is 5.82 Å². The number of nitrogens with one attached hydrogen (secondary N) is 1. The van der Waals surface area contributed by atoms with Crippen molar-refractivity contribution in [2.45, 2.75) is 13.0 Å². The molecule has 1 N–H and O–H groups in total. The first-order chi connectivity index (χ1) is 9.34. The minimum atomic E-state index is 0.249. The predicted octanol–water partition coefficient (Wildman–Crippen LogP) is 3.50. The standard InChI is InChI=1S/C14H14N4S/c1-11(13-6-3-10-19-13)17-12-5-2-7-15-14(12)18-9-4-8-16-18/h2-11,17H,1H3. The van der Waals surface area contributed by atoms with Gasteiger partial charge in [0.05, 0.1) is 11.7 Å². The molecule has 0 aliphatic carbocycles. The van der Waals surface area contributed by atoms with Crippen LogP contribution in [-0.2, 0) is 0 Å². The third kappa shape index (κ3) is 2.51. The van der Waals surface area contributed by atoms with Gasteiger partial charge in [-0.2, -0.15) is 5.10 Å². The zero-order valence-electron chi connectivity index (χ0n) is 10.5. The number of pyridine rings is 1. The zero-order chi connectivity index (χ0) is 13.1. The third-order valence-corrected chi connectivity index (χ3v) is 3.91. The first-order valence-electron chi connectivity index (χ1n) is 6.09. The second-order valence-electron chi connectivity index (χ2n) is 4.21. The predicted molar refractivity (Wildman–Crippen MR) is 77.7 cm³/mol. The van der Waals surface area contributed by atoms with Gasteiger partial charge in [-0.05, 0) is 36.6 Å². The van der Waals surface area contributed by atoms with E-state index in [9.17, 15) is 0 Å². The minimum absolute atomic E-state index is 0.249. The summed E-state index contributed by atoms with van der Waals surface area (Å²) < 4.78 is 1.77. The molecular weight excluding hydrogens is 256 g/mol. The fourth-order valence-electron chi connectivity index (χ4n) is 1.93. The van der Waals surface area contributed by atoms with Crippen LogP contribution >= 0.6 is 11.3 Å². The summed E-state index contributed by atoms with van der Waals surface area (Å²) in [5, 5.41) is 9.81. The molecule has 4 nitrogen and oxygen atoms in total. The van der Waals surface area contributed by atoms with Crippen molar-refractivity contribution in [1.29, 1.82) is 0 Å². The summed E-state index contributed by atoms with van der Waals surface area (Å²) in [4.78, 5) is 5.70. The van der Waals surface area contributed by atoms with Gasteiger partial charge < -0.3 is 5.32 Å². The Hall–Kier alpha value is -2.14. The van der Waals surface area contributed by atoms with E-state index in [1.54, 1.807) is 28.4 Å². The van der Waals surface area contributed by atoms with E-state index in [0.29, 0.717) is 0 Å². The lowest BCUT2D eigenvalue weighted by molar-refractivity contribution is 0.834. The fraction of sp³-hybridized carbons (Fsp3) is 0.143. The highest BCUT2D eigenvalue weighted by Crippen LogP contribution is 2.25. The van der Waals surface area contributed by atoms with Crippen molar-refractivity contribution in [2.24, 2.45) is 0 Å². The van der Waals surface area contributed by atoms with Crippen LogP contribution < -0.4 is 5.32 Å². The fourth-order valence-corrected chi connectivity index (χ4v) is 2.66. The Morgan fingerprint density at radius 3 is 2.89 bits per heavy atom. The van der Waals surface area contributed by atoms with Gasteiger partial charge in [-0.1, -0.05) is 6.07 Å². The third-order valence-electron chi connectivity index (χ3n) is 2.85. The number of hydrogen-bond acceptors (Lipinski definition) is 4. The lowest BCUT2D eigenvalue weighted by atomic mass is 10.2. The average Bonchev–Trinajstić information content (AvgIpc) is 3.13. The van der Waals surface area contributed by atoms with E-state index in [-0.39, 0.29) is 6.04 Å². The van der Waals surface area contributed by atoms with Gasteiger partial charge in [0.15, 0.2) is 5.82 Å². The first-order valence-corrected chi connectivity index (χ1v) is 6.97. The van der Waals surface area contributed by atoms with Crippen LogP contribution in [0.3, 0.4) is 0 Å². The summed E-state index contributed by atoms with van der Waals surface area (Å²) in [6.45, 7) is 2.14. The van der Waals surface area contributed by atoms with Crippen molar-refractivity contribution in [3.8, 4) is 5.82 Å². The molecule has 3 aromatic heterocycles. The van der Waals surface area contributed by atoms with Crippen molar-refractivity contribution in [1.82, 2.24) is 14.8 Å². The normalized spacial score (nSPS) is 12.3. The van der Waals surface area contributed by atoms with Gasteiger partial charge >= 0.3 is 0 Å². The van der Waals surface area contributed by atoms with Crippen LogP contribution in [0, 0.1) is 0 Å². The summed E-state index contributed by atoms with van der Waals surface area (Å²) in [5.41, 5.74) is 0.979. The number of rotatable bonds is 4. The lowest BCUT2D eigenvalue weighted by Crippen LogP contribution is -2.09. The number of anilines is 1. The maximum Gasteiger partial charge on any atom is 0.176 e. The van der Waals surface area contributed by atoms with Gasteiger partial charge in [-0.15, -0.1) is 11.3 Å². The first kappa shape index (κ1) is 11.9. The van der Waals surface area contributed by atoms with Gasteiger partial charge in [0.25, 0.3) is 0 Å². The van der Waals surface area contributed by atoms with Crippen LogP contribution in [0.2, 0.25) is 0 Å². The Balaban J connectivity index is 1.89. The van der Waals surface area contributed by atoms with E-state index in [1.165, 1.54) is 4.88 Å². The van der Waals surface area contributed by atoms with Crippen molar-refractivity contribution in [3.63, 3.8) is 0 Å². The van der Waals surface area contributed by atoms with Crippen LogP contribution in [0.1, 0.15) is 17.8 Å². The van der Waals surface area contributed by atoms with Crippen molar-refractivity contribution in [2.75, 3.05) is 5.32 Å². The second kappa shape index (κ2) is 5.24. The molecule has 96 valence electrons. The monoisotopic (exact) mass is 270 g/mol. The summed E-state index contributed by atoms with van der Waals surface area (Å²) in [7, 11) is 0. The zero-order valence-corrected chi connectivity index (χ0v) is 11.3. The highest BCUT2D eigenvalue weighted by Gasteiger charge is 2.10. The van der Waals surface area contributed by atoms with E-state index in [0.717, 1.165) is 11.5 Å². The number of aromatic nitrogens is 3. The SMILES string of the molecule is CC(Nc1cccnc1-n1cccn1)c1cccs1. The molecule has 0 aromatic carbocycles. The molecule has 0 amide bonds. The van der Waals surface area contributed by atoms with Crippen molar-refractivity contribution >= 4 is 17.0 Å². The van der Waals surface area contributed by atoms with Crippen LogP contribution in [0.5, 0.6) is 0 Å². The molecule has 0 radical (unpaired) electrons. The van der Waals surface area contributed by atoms with E-state index >= 15 is 0 Å². The Kier molecular flexibility index (Phi) is 3.29. The molecule has 0 saturated heterocycles. The molecule has 3 heterocycles. The molecule has 0 fully saturated rings. The number of thiophene rings is 1. The Labute approximate surface area is 115 Å².